The van der Waals surface area contributed by atoms with Crippen molar-refractivity contribution in [2.45, 2.75) is 19.4 Å². The quantitative estimate of drug-likeness (QED) is 0.666. The number of hydrogen-bond donors (Lipinski definition) is 1. The van der Waals surface area contributed by atoms with E-state index in [1.54, 1.807) is 0 Å². The van der Waals surface area contributed by atoms with E-state index in [0.29, 0.717) is 6.04 Å². The lowest BCUT2D eigenvalue weighted by molar-refractivity contribution is 0.504. The van der Waals surface area contributed by atoms with Crippen LogP contribution in [0.5, 0.6) is 0 Å². The highest BCUT2D eigenvalue weighted by Gasteiger charge is 2.23. The van der Waals surface area contributed by atoms with E-state index in [-0.39, 0.29) is 0 Å². The molecule has 2 rings (SSSR count). The molecule has 1 nitrogen and oxygen atoms in total. The largest absolute Gasteiger partial charge is 0.310 e. The molecule has 1 saturated heterocycles. The van der Waals surface area contributed by atoms with Gasteiger partial charge in [0.2, 0.25) is 0 Å². The van der Waals surface area contributed by atoms with E-state index < -0.39 is 0 Å². The maximum atomic E-state index is 3.52. The van der Waals surface area contributed by atoms with E-state index in [2.05, 4.69) is 42.6 Å². The van der Waals surface area contributed by atoms with E-state index in [1.807, 2.05) is 0 Å². The van der Waals surface area contributed by atoms with E-state index in [1.165, 1.54) is 18.5 Å². The summed E-state index contributed by atoms with van der Waals surface area (Å²) in [4.78, 5) is 0. The molecule has 1 heteroatoms. The van der Waals surface area contributed by atoms with E-state index in [4.69, 9.17) is 0 Å². The highest BCUT2D eigenvalue weighted by Crippen LogP contribution is 2.28. The second-order valence-corrected chi connectivity index (χ2v) is 3.61. The van der Waals surface area contributed by atoms with Crippen molar-refractivity contribution >= 4 is 0 Å². The van der Waals surface area contributed by atoms with Crippen LogP contribution in [0, 0.1) is 5.92 Å². The van der Waals surface area contributed by atoms with Gasteiger partial charge in [0.1, 0.15) is 0 Å². The van der Waals surface area contributed by atoms with Crippen molar-refractivity contribution in [3.05, 3.63) is 35.9 Å². The lowest BCUT2D eigenvalue weighted by atomic mass is 9.96. The second-order valence-electron chi connectivity index (χ2n) is 3.61. The topological polar surface area (TPSA) is 12.0 Å². The minimum Gasteiger partial charge on any atom is -0.310 e. The minimum atomic E-state index is 0.589. The van der Waals surface area contributed by atoms with Gasteiger partial charge >= 0.3 is 0 Å². The van der Waals surface area contributed by atoms with Gasteiger partial charge in [0.25, 0.3) is 0 Å². The summed E-state index contributed by atoms with van der Waals surface area (Å²) in [5.41, 5.74) is 1.43. The second kappa shape index (κ2) is 3.28. The maximum absolute atomic E-state index is 3.52. The number of rotatable bonds is 1. The predicted octanol–water partition coefficient (Wildman–Crippen LogP) is 2.36. The first kappa shape index (κ1) is 7.81. The van der Waals surface area contributed by atoms with E-state index in [0.717, 1.165) is 5.92 Å². The predicted molar refractivity (Wildman–Crippen MR) is 51.0 cm³/mol. The molecular weight excluding hydrogens is 146 g/mol. The van der Waals surface area contributed by atoms with E-state index >= 15 is 0 Å². The summed E-state index contributed by atoms with van der Waals surface area (Å²) in [5, 5.41) is 3.52. The summed E-state index contributed by atoms with van der Waals surface area (Å²) >= 11 is 0. The Morgan fingerprint density at radius 3 is 2.58 bits per heavy atom. The summed E-state index contributed by atoms with van der Waals surface area (Å²) in [6.45, 7) is 3.48. The molecule has 0 spiro atoms. The van der Waals surface area contributed by atoms with Gasteiger partial charge in [0.15, 0.2) is 0 Å². The van der Waals surface area contributed by atoms with Crippen LogP contribution in [-0.4, -0.2) is 6.54 Å². The molecule has 0 unspecified atom stereocenters. The standard InChI is InChI=1S/C11H15N/c1-9-7-8-12-11(9)10-5-3-2-4-6-10/h2-6,9,11-12H,7-8H2,1H3/t9-,11+/m0/s1. The summed E-state index contributed by atoms with van der Waals surface area (Å²) in [6, 6.07) is 11.3. The van der Waals surface area contributed by atoms with Crippen molar-refractivity contribution in [1.29, 1.82) is 0 Å². The smallest absolute Gasteiger partial charge is 0.0346 e. The van der Waals surface area contributed by atoms with Crippen LogP contribution >= 0.6 is 0 Å². The molecule has 0 saturated carbocycles. The van der Waals surface area contributed by atoms with Gasteiger partial charge < -0.3 is 5.32 Å². The summed E-state index contributed by atoms with van der Waals surface area (Å²) in [7, 11) is 0. The third-order valence-corrected chi connectivity index (χ3v) is 2.69. The van der Waals surface area contributed by atoms with Crippen molar-refractivity contribution in [1.82, 2.24) is 5.32 Å². The monoisotopic (exact) mass is 161 g/mol. The number of benzene rings is 1. The molecule has 64 valence electrons. The Balaban J connectivity index is 2.19. The molecule has 0 amide bonds. The lowest BCUT2D eigenvalue weighted by Gasteiger charge is -2.15. The zero-order valence-corrected chi connectivity index (χ0v) is 7.46. The van der Waals surface area contributed by atoms with Crippen molar-refractivity contribution < 1.29 is 0 Å². The molecule has 1 aliphatic heterocycles. The van der Waals surface area contributed by atoms with Crippen molar-refractivity contribution in [2.75, 3.05) is 6.54 Å². The molecule has 1 aliphatic rings. The van der Waals surface area contributed by atoms with Crippen molar-refractivity contribution in [2.24, 2.45) is 5.92 Å². The lowest BCUT2D eigenvalue weighted by Crippen LogP contribution is -2.16. The maximum Gasteiger partial charge on any atom is 0.0346 e. The minimum absolute atomic E-state index is 0.589. The molecule has 0 bridgehead atoms. The van der Waals surface area contributed by atoms with Crippen LogP contribution in [0.1, 0.15) is 24.9 Å². The molecule has 1 aromatic carbocycles. The zero-order chi connectivity index (χ0) is 8.39. The van der Waals surface area contributed by atoms with Crippen LogP contribution in [0.2, 0.25) is 0 Å². The fourth-order valence-electron chi connectivity index (χ4n) is 1.94. The Bertz CT molecular complexity index is 242. The van der Waals surface area contributed by atoms with E-state index in [9.17, 15) is 0 Å². The Hall–Kier alpha value is -0.820. The van der Waals surface area contributed by atoms with Gasteiger partial charge in [-0.25, -0.2) is 0 Å². The van der Waals surface area contributed by atoms with Gasteiger partial charge in [0.05, 0.1) is 0 Å². The third kappa shape index (κ3) is 1.37. The molecule has 1 N–H and O–H groups in total. The van der Waals surface area contributed by atoms with Crippen LogP contribution in [0.25, 0.3) is 0 Å². The SMILES string of the molecule is C[C@H]1CCN[C@H]1c1ccccc1. The Morgan fingerprint density at radius 1 is 1.25 bits per heavy atom. The first-order valence-electron chi connectivity index (χ1n) is 4.66. The first-order chi connectivity index (χ1) is 5.88. The van der Waals surface area contributed by atoms with Gasteiger partial charge in [-0.1, -0.05) is 37.3 Å². The summed E-state index contributed by atoms with van der Waals surface area (Å²) in [5.74, 6) is 0.785. The molecule has 1 aromatic rings. The fraction of sp³-hybridized carbons (Fsp3) is 0.455. The van der Waals surface area contributed by atoms with Gasteiger partial charge in [-0.15, -0.1) is 0 Å². The molecule has 12 heavy (non-hydrogen) atoms. The van der Waals surface area contributed by atoms with Crippen LogP contribution in [-0.2, 0) is 0 Å². The molecule has 2 atom stereocenters. The third-order valence-electron chi connectivity index (χ3n) is 2.69. The van der Waals surface area contributed by atoms with Crippen LogP contribution in [0.4, 0.5) is 0 Å². The average molecular weight is 161 g/mol. The highest BCUT2D eigenvalue weighted by molar-refractivity contribution is 5.20. The molecular formula is C11H15N. The summed E-state index contributed by atoms with van der Waals surface area (Å²) < 4.78 is 0. The molecule has 1 fully saturated rings. The normalized spacial score (nSPS) is 29.1. The van der Waals surface area contributed by atoms with Crippen LogP contribution in [0.3, 0.4) is 0 Å². The summed E-state index contributed by atoms with van der Waals surface area (Å²) in [6.07, 6.45) is 1.31. The van der Waals surface area contributed by atoms with Crippen LogP contribution in [0.15, 0.2) is 30.3 Å². The van der Waals surface area contributed by atoms with Gasteiger partial charge in [-0.2, -0.15) is 0 Å². The highest BCUT2D eigenvalue weighted by atomic mass is 14.9. The van der Waals surface area contributed by atoms with Gasteiger partial charge in [-0.05, 0) is 24.4 Å². The molecule has 1 heterocycles. The van der Waals surface area contributed by atoms with Crippen molar-refractivity contribution in [3.8, 4) is 0 Å². The molecule has 0 radical (unpaired) electrons. The van der Waals surface area contributed by atoms with Gasteiger partial charge in [0, 0.05) is 6.04 Å². The Morgan fingerprint density at radius 2 is 2.00 bits per heavy atom. The first-order valence-corrected chi connectivity index (χ1v) is 4.66. The Labute approximate surface area is 73.8 Å². The number of hydrogen-bond acceptors (Lipinski definition) is 1. The van der Waals surface area contributed by atoms with Crippen molar-refractivity contribution in [3.63, 3.8) is 0 Å². The average Bonchev–Trinajstić information content (AvgIpc) is 2.53. The fourth-order valence-corrected chi connectivity index (χ4v) is 1.94. The zero-order valence-electron chi connectivity index (χ0n) is 7.46. The molecule has 0 aromatic heterocycles. The van der Waals surface area contributed by atoms with Gasteiger partial charge in [-0.3, -0.25) is 0 Å². The molecule has 0 aliphatic carbocycles. The van der Waals surface area contributed by atoms with Crippen LogP contribution < -0.4 is 5.32 Å². The number of nitrogens with one attached hydrogen (secondary N) is 1. The Kier molecular flexibility index (Phi) is 2.13.